The van der Waals surface area contributed by atoms with Crippen molar-refractivity contribution in [1.82, 2.24) is 4.98 Å². The normalized spacial score (nSPS) is 11.2. The summed E-state index contributed by atoms with van der Waals surface area (Å²) in [5.41, 5.74) is -2.94. The number of benzene rings is 1. The van der Waals surface area contributed by atoms with E-state index in [-0.39, 0.29) is 16.7 Å². The van der Waals surface area contributed by atoms with Gasteiger partial charge in [-0.25, -0.2) is 0 Å². The first-order valence-corrected chi connectivity index (χ1v) is 6.74. The molecule has 110 valence electrons. The summed E-state index contributed by atoms with van der Waals surface area (Å²) in [7, 11) is 0. The highest BCUT2D eigenvalue weighted by Gasteiger charge is 2.29. The van der Waals surface area contributed by atoms with Gasteiger partial charge in [-0.2, -0.15) is 13.2 Å². The molecule has 0 unspecified atom stereocenters. The molecule has 1 aromatic heterocycles. The lowest BCUT2D eigenvalue weighted by atomic mass is 10.2. The number of aryl methyl sites for hydroxylation is 1. The molecule has 21 heavy (non-hydrogen) atoms. The van der Waals surface area contributed by atoms with Crippen molar-refractivity contribution in [1.29, 1.82) is 0 Å². The smallest absolute Gasteiger partial charge is 0.322 e. The van der Waals surface area contributed by atoms with Gasteiger partial charge in [0.05, 0.1) is 0 Å². The summed E-state index contributed by atoms with van der Waals surface area (Å²) in [6.07, 6.45) is 2.94. The van der Waals surface area contributed by atoms with Crippen LogP contribution in [0.4, 0.5) is 18.9 Å². The molecule has 3 nitrogen and oxygen atoms in total. The molecule has 0 radical (unpaired) electrons. The summed E-state index contributed by atoms with van der Waals surface area (Å²) < 4.78 is 37.1. The lowest BCUT2D eigenvalue weighted by molar-refractivity contribution is -0.0328. The Labute approximate surface area is 123 Å². The largest absolute Gasteiger partial charge is 0.446 e. The Balaban J connectivity index is 2.20. The van der Waals surface area contributed by atoms with Gasteiger partial charge in [0.1, 0.15) is 0 Å². The maximum absolute atomic E-state index is 12.4. The van der Waals surface area contributed by atoms with Crippen LogP contribution in [-0.2, 0) is 0 Å². The van der Waals surface area contributed by atoms with Crippen molar-refractivity contribution in [2.24, 2.45) is 0 Å². The van der Waals surface area contributed by atoms with Crippen LogP contribution < -0.4 is 5.32 Å². The molecule has 0 fully saturated rings. The fraction of sp³-hybridized carbons (Fsp3) is 0.143. The summed E-state index contributed by atoms with van der Waals surface area (Å²) in [6, 6.07) is 7.27. The fourth-order valence-corrected chi connectivity index (χ4v) is 2.21. The van der Waals surface area contributed by atoms with Gasteiger partial charge in [-0.15, -0.1) is 0 Å². The molecule has 1 aromatic carbocycles. The Morgan fingerprint density at radius 3 is 2.48 bits per heavy atom. The van der Waals surface area contributed by atoms with Crippen LogP contribution in [0.5, 0.6) is 0 Å². The van der Waals surface area contributed by atoms with Crippen molar-refractivity contribution in [2.45, 2.75) is 17.3 Å². The van der Waals surface area contributed by atoms with Crippen molar-refractivity contribution in [3.8, 4) is 0 Å². The van der Waals surface area contributed by atoms with Gasteiger partial charge in [0.15, 0.2) is 0 Å². The number of alkyl halides is 3. The number of amides is 1. The summed E-state index contributed by atoms with van der Waals surface area (Å²) >= 11 is -0.215. The van der Waals surface area contributed by atoms with E-state index in [9.17, 15) is 18.0 Å². The second-order valence-electron chi connectivity index (χ2n) is 4.21. The molecule has 0 aliphatic rings. The van der Waals surface area contributed by atoms with Crippen molar-refractivity contribution in [3.63, 3.8) is 0 Å². The molecule has 7 heteroatoms. The predicted octanol–water partition coefficient (Wildman–Crippen LogP) is 4.25. The maximum atomic E-state index is 12.4. The van der Waals surface area contributed by atoms with Gasteiger partial charge in [-0.1, -0.05) is 6.07 Å². The van der Waals surface area contributed by atoms with Gasteiger partial charge >= 0.3 is 5.51 Å². The Morgan fingerprint density at radius 1 is 1.19 bits per heavy atom. The molecular formula is C14H11F3N2OS. The minimum absolute atomic E-state index is 0.0260. The van der Waals surface area contributed by atoms with Crippen LogP contribution in [0.15, 0.2) is 47.6 Å². The number of carbonyl (C=O) groups is 1. The Morgan fingerprint density at radius 2 is 1.86 bits per heavy atom. The van der Waals surface area contributed by atoms with Crippen LogP contribution in [0.1, 0.15) is 15.9 Å². The maximum Gasteiger partial charge on any atom is 0.446 e. The van der Waals surface area contributed by atoms with E-state index < -0.39 is 11.4 Å². The third kappa shape index (κ3) is 4.49. The van der Waals surface area contributed by atoms with E-state index in [0.29, 0.717) is 16.8 Å². The van der Waals surface area contributed by atoms with E-state index in [0.717, 1.165) is 0 Å². The standard InChI is InChI=1S/C14H11F3N2OS/c1-9-2-3-11(21-14(15,16)17)8-12(9)19-13(20)10-4-6-18-7-5-10/h2-8H,1H3,(H,19,20). The molecule has 0 bridgehead atoms. The number of thioether (sulfide) groups is 1. The average Bonchev–Trinajstić information content (AvgIpc) is 2.42. The third-order valence-corrected chi connectivity index (χ3v) is 3.35. The van der Waals surface area contributed by atoms with Gasteiger partial charge in [0.25, 0.3) is 5.91 Å². The molecule has 0 saturated heterocycles. The summed E-state index contributed by atoms with van der Waals surface area (Å²) in [6.45, 7) is 1.71. The number of nitrogens with zero attached hydrogens (tertiary/aromatic N) is 1. The quantitative estimate of drug-likeness (QED) is 0.861. The zero-order valence-electron chi connectivity index (χ0n) is 10.9. The van der Waals surface area contributed by atoms with Gasteiger partial charge in [0.2, 0.25) is 0 Å². The van der Waals surface area contributed by atoms with E-state index >= 15 is 0 Å². The van der Waals surface area contributed by atoms with E-state index in [1.165, 1.54) is 42.7 Å². The molecule has 0 saturated carbocycles. The van der Waals surface area contributed by atoms with E-state index in [1.807, 2.05) is 0 Å². The number of carbonyl (C=O) groups excluding carboxylic acids is 1. The highest BCUT2D eigenvalue weighted by atomic mass is 32.2. The first kappa shape index (κ1) is 15.4. The van der Waals surface area contributed by atoms with Crippen molar-refractivity contribution in [2.75, 3.05) is 5.32 Å². The monoisotopic (exact) mass is 312 g/mol. The highest BCUT2D eigenvalue weighted by molar-refractivity contribution is 8.00. The lowest BCUT2D eigenvalue weighted by Crippen LogP contribution is -2.13. The molecule has 2 rings (SSSR count). The highest BCUT2D eigenvalue weighted by Crippen LogP contribution is 2.38. The van der Waals surface area contributed by atoms with E-state index in [1.54, 1.807) is 6.92 Å². The molecule has 1 heterocycles. The minimum atomic E-state index is -4.36. The number of halogens is 3. The van der Waals surface area contributed by atoms with Gasteiger partial charge < -0.3 is 5.32 Å². The number of pyridine rings is 1. The third-order valence-electron chi connectivity index (χ3n) is 2.63. The van der Waals surface area contributed by atoms with E-state index in [2.05, 4.69) is 10.3 Å². The molecule has 1 amide bonds. The molecule has 1 N–H and O–H groups in total. The predicted molar refractivity (Wildman–Crippen MR) is 75.3 cm³/mol. The number of aromatic nitrogens is 1. The fourth-order valence-electron chi connectivity index (χ4n) is 1.63. The Kier molecular flexibility index (Phi) is 4.52. The van der Waals surface area contributed by atoms with Crippen molar-refractivity contribution < 1.29 is 18.0 Å². The Bertz CT molecular complexity index is 644. The van der Waals surface area contributed by atoms with Crippen LogP contribution in [0.3, 0.4) is 0 Å². The number of nitrogens with one attached hydrogen (secondary N) is 1. The molecule has 2 aromatic rings. The van der Waals surface area contributed by atoms with Crippen LogP contribution in [0.25, 0.3) is 0 Å². The number of hydrogen-bond donors (Lipinski definition) is 1. The molecular weight excluding hydrogens is 301 g/mol. The summed E-state index contributed by atoms with van der Waals surface area (Å²) in [5, 5.41) is 2.61. The second kappa shape index (κ2) is 6.17. The molecule has 0 spiro atoms. The molecule has 0 atom stereocenters. The van der Waals surface area contributed by atoms with Crippen LogP contribution in [-0.4, -0.2) is 16.4 Å². The summed E-state index contributed by atoms with van der Waals surface area (Å²) in [5.74, 6) is -0.394. The lowest BCUT2D eigenvalue weighted by Gasteiger charge is -2.11. The van der Waals surface area contributed by atoms with Crippen LogP contribution in [0.2, 0.25) is 0 Å². The molecule has 0 aliphatic heterocycles. The van der Waals surface area contributed by atoms with E-state index in [4.69, 9.17) is 0 Å². The van der Waals surface area contributed by atoms with Crippen molar-refractivity contribution >= 4 is 23.4 Å². The molecule has 0 aliphatic carbocycles. The van der Waals surface area contributed by atoms with Crippen molar-refractivity contribution in [3.05, 3.63) is 53.9 Å². The minimum Gasteiger partial charge on any atom is -0.322 e. The first-order valence-electron chi connectivity index (χ1n) is 5.93. The average molecular weight is 312 g/mol. The number of hydrogen-bond acceptors (Lipinski definition) is 3. The van der Waals surface area contributed by atoms with Crippen LogP contribution in [0, 0.1) is 6.92 Å². The number of rotatable bonds is 3. The van der Waals surface area contributed by atoms with Gasteiger partial charge in [-0.05, 0) is 48.5 Å². The zero-order valence-corrected chi connectivity index (χ0v) is 11.8. The number of anilines is 1. The van der Waals surface area contributed by atoms with Gasteiger partial charge in [-0.3, -0.25) is 9.78 Å². The van der Waals surface area contributed by atoms with Crippen LogP contribution >= 0.6 is 11.8 Å². The summed E-state index contributed by atoms with van der Waals surface area (Å²) in [4.78, 5) is 15.8. The SMILES string of the molecule is Cc1ccc(SC(F)(F)F)cc1NC(=O)c1ccncc1. The first-order chi connectivity index (χ1) is 9.85. The zero-order chi connectivity index (χ0) is 15.5. The Hall–Kier alpha value is -2.02. The van der Waals surface area contributed by atoms with Gasteiger partial charge in [0, 0.05) is 28.5 Å². The topological polar surface area (TPSA) is 42.0 Å². The second-order valence-corrected chi connectivity index (χ2v) is 5.35.